The van der Waals surface area contributed by atoms with E-state index in [1.165, 1.54) is 12.5 Å². The molecule has 1 aliphatic heterocycles. The molecule has 3 rings (SSSR count). The zero-order valence-electron chi connectivity index (χ0n) is 17.9. The van der Waals surface area contributed by atoms with Crippen LogP contribution >= 0.6 is 0 Å². The Kier molecular flexibility index (Phi) is 8.05. The highest BCUT2D eigenvalue weighted by molar-refractivity contribution is 5.41. The van der Waals surface area contributed by atoms with Crippen LogP contribution in [0.15, 0.2) is 42.5 Å². The van der Waals surface area contributed by atoms with E-state index in [4.69, 9.17) is 9.47 Å². The Morgan fingerprint density at radius 2 is 1.58 bits per heavy atom. The monoisotopic (exact) mass is 432 g/mol. The summed E-state index contributed by atoms with van der Waals surface area (Å²) in [4.78, 5) is 0. The molecule has 1 saturated heterocycles. The SMILES string of the molecule is CCc1ccc(Cc2ccc(CCO)cc2O[C@@H]2O[C@H]([C@@H](C)O)[C@@H](O)[C@H](O)[C@H]2O)cc1. The molecular formula is C24H32O7. The van der Waals surface area contributed by atoms with Crippen LogP contribution in [0, 0.1) is 0 Å². The lowest BCUT2D eigenvalue weighted by Gasteiger charge is -2.41. The number of aliphatic hydroxyl groups excluding tert-OH is 5. The summed E-state index contributed by atoms with van der Waals surface area (Å²) in [5.41, 5.74) is 4.02. The fourth-order valence-corrected chi connectivity index (χ4v) is 3.75. The Balaban J connectivity index is 1.87. The standard InChI is InChI=1S/C24H32O7/c1-3-15-4-6-16(7-5-15)12-18-9-8-17(10-11-25)13-19(18)30-24-22(29)20(27)21(28)23(31-24)14(2)26/h4-9,13-14,20-29H,3,10-12H2,1-2H3/t14-,20+,21+,22-,23-,24-/m1/s1. The first-order chi connectivity index (χ1) is 14.8. The second-order valence-electron chi connectivity index (χ2n) is 8.06. The molecule has 2 aromatic rings. The molecular weight excluding hydrogens is 400 g/mol. The lowest BCUT2D eigenvalue weighted by atomic mass is 9.96. The maximum absolute atomic E-state index is 10.4. The van der Waals surface area contributed by atoms with E-state index in [-0.39, 0.29) is 6.61 Å². The van der Waals surface area contributed by atoms with Gasteiger partial charge in [0, 0.05) is 13.0 Å². The van der Waals surface area contributed by atoms with Gasteiger partial charge in [-0.15, -0.1) is 0 Å². The van der Waals surface area contributed by atoms with E-state index < -0.39 is 36.8 Å². The maximum atomic E-state index is 10.4. The van der Waals surface area contributed by atoms with Crippen molar-refractivity contribution in [3.63, 3.8) is 0 Å². The Hall–Kier alpha value is -2.00. The van der Waals surface area contributed by atoms with Crippen LogP contribution < -0.4 is 4.74 Å². The molecule has 7 heteroatoms. The Bertz CT molecular complexity index is 836. The Morgan fingerprint density at radius 1 is 0.935 bits per heavy atom. The first kappa shape index (κ1) is 23.7. The van der Waals surface area contributed by atoms with Gasteiger partial charge in [-0.2, -0.15) is 0 Å². The lowest BCUT2D eigenvalue weighted by molar-refractivity contribution is -0.286. The maximum Gasteiger partial charge on any atom is 0.229 e. The van der Waals surface area contributed by atoms with Crippen LogP contribution in [0.4, 0.5) is 0 Å². The minimum Gasteiger partial charge on any atom is -0.462 e. The third-order valence-electron chi connectivity index (χ3n) is 5.68. The van der Waals surface area contributed by atoms with Gasteiger partial charge in [0.1, 0.15) is 30.2 Å². The van der Waals surface area contributed by atoms with Gasteiger partial charge in [0.2, 0.25) is 6.29 Å². The summed E-state index contributed by atoms with van der Waals surface area (Å²) in [6.45, 7) is 3.51. The predicted octanol–water partition coefficient (Wildman–Crippen LogP) is 0.942. The Morgan fingerprint density at radius 3 is 2.19 bits per heavy atom. The van der Waals surface area contributed by atoms with E-state index in [1.54, 1.807) is 6.07 Å². The number of aliphatic hydroxyl groups is 5. The second-order valence-corrected chi connectivity index (χ2v) is 8.06. The summed E-state index contributed by atoms with van der Waals surface area (Å²) in [5, 5.41) is 49.9. The number of rotatable bonds is 8. The van der Waals surface area contributed by atoms with Gasteiger partial charge in [-0.25, -0.2) is 0 Å². The van der Waals surface area contributed by atoms with Crippen molar-refractivity contribution in [1.82, 2.24) is 0 Å². The summed E-state index contributed by atoms with van der Waals surface area (Å²) < 4.78 is 11.6. The highest BCUT2D eigenvalue weighted by Gasteiger charge is 2.46. The quantitative estimate of drug-likeness (QED) is 0.421. The molecule has 31 heavy (non-hydrogen) atoms. The fourth-order valence-electron chi connectivity index (χ4n) is 3.75. The summed E-state index contributed by atoms with van der Waals surface area (Å²) in [5.74, 6) is 0.447. The van der Waals surface area contributed by atoms with Crippen LogP contribution in [0.2, 0.25) is 0 Å². The molecule has 2 aromatic carbocycles. The molecule has 0 aromatic heterocycles. The average molecular weight is 433 g/mol. The number of hydrogen-bond acceptors (Lipinski definition) is 7. The Labute approximate surface area is 182 Å². The van der Waals surface area contributed by atoms with Gasteiger partial charge in [0.05, 0.1) is 6.10 Å². The lowest BCUT2D eigenvalue weighted by Crippen LogP contribution is -2.61. The van der Waals surface area contributed by atoms with Gasteiger partial charge >= 0.3 is 0 Å². The molecule has 0 radical (unpaired) electrons. The summed E-state index contributed by atoms with van der Waals surface area (Å²) in [6.07, 6.45) is -5.93. The van der Waals surface area contributed by atoms with Crippen molar-refractivity contribution in [2.24, 2.45) is 0 Å². The van der Waals surface area contributed by atoms with E-state index in [2.05, 4.69) is 31.2 Å². The highest BCUT2D eigenvalue weighted by Crippen LogP contribution is 2.30. The zero-order valence-corrected chi connectivity index (χ0v) is 17.9. The van der Waals surface area contributed by atoms with Crippen LogP contribution in [-0.4, -0.2) is 68.9 Å². The van der Waals surface area contributed by atoms with E-state index in [1.807, 2.05) is 12.1 Å². The first-order valence-corrected chi connectivity index (χ1v) is 10.7. The molecule has 0 bridgehead atoms. The molecule has 0 aliphatic carbocycles. The summed E-state index contributed by atoms with van der Waals surface area (Å²) in [6, 6.07) is 13.9. The molecule has 0 unspecified atom stereocenters. The largest absolute Gasteiger partial charge is 0.462 e. The average Bonchev–Trinajstić information content (AvgIpc) is 2.76. The van der Waals surface area contributed by atoms with Crippen LogP contribution in [0.3, 0.4) is 0 Å². The van der Waals surface area contributed by atoms with Crippen molar-refractivity contribution in [2.45, 2.75) is 69.9 Å². The topological polar surface area (TPSA) is 120 Å². The minimum absolute atomic E-state index is 0.0190. The van der Waals surface area contributed by atoms with Crippen LogP contribution in [-0.2, 0) is 24.0 Å². The normalized spacial score (nSPS) is 27.1. The molecule has 1 fully saturated rings. The highest BCUT2D eigenvalue weighted by atomic mass is 16.7. The number of hydrogen-bond donors (Lipinski definition) is 5. The van der Waals surface area contributed by atoms with Crippen molar-refractivity contribution < 1.29 is 35.0 Å². The number of aryl methyl sites for hydroxylation is 1. The van der Waals surface area contributed by atoms with Crippen molar-refractivity contribution in [2.75, 3.05) is 6.61 Å². The van der Waals surface area contributed by atoms with Crippen LogP contribution in [0.25, 0.3) is 0 Å². The van der Waals surface area contributed by atoms with E-state index in [0.29, 0.717) is 18.6 Å². The van der Waals surface area contributed by atoms with Crippen LogP contribution in [0.1, 0.15) is 36.1 Å². The summed E-state index contributed by atoms with van der Waals surface area (Å²) in [7, 11) is 0. The van der Waals surface area contributed by atoms with Gasteiger partial charge in [-0.3, -0.25) is 0 Å². The first-order valence-electron chi connectivity index (χ1n) is 10.7. The molecule has 1 aliphatic rings. The predicted molar refractivity (Wildman–Crippen MR) is 115 cm³/mol. The van der Waals surface area contributed by atoms with Gasteiger partial charge in [0.25, 0.3) is 0 Å². The molecule has 0 saturated carbocycles. The molecule has 6 atom stereocenters. The van der Waals surface area contributed by atoms with Gasteiger partial charge in [-0.05, 0) is 48.1 Å². The third kappa shape index (κ3) is 5.63. The van der Waals surface area contributed by atoms with E-state index >= 15 is 0 Å². The molecule has 0 amide bonds. The molecule has 5 N–H and O–H groups in total. The van der Waals surface area contributed by atoms with Crippen molar-refractivity contribution in [3.8, 4) is 5.75 Å². The smallest absolute Gasteiger partial charge is 0.229 e. The molecule has 0 spiro atoms. The van der Waals surface area contributed by atoms with Gasteiger partial charge in [-0.1, -0.05) is 43.3 Å². The fraction of sp³-hybridized carbons (Fsp3) is 0.500. The van der Waals surface area contributed by atoms with Crippen molar-refractivity contribution >= 4 is 0 Å². The van der Waals surface area contributed by atoms with Crippen LogP contribution in [0.5, 0.6) is 5.75 Å². The second kappa shape index (κ2) is 10.5. The number of benzene rings is 2. The molecule has 1 heterocycles. The van der Waals surface area contributed by atoms with Gasteiger partial charge in [0.15, 0.2) is 0 Å². The van der Waals surface area contributed by atoms with E-state index in [9.17, 15) is 25.5 Å². The summed E-state index contributed by atoms with van der Waals surface area (Å²) >= 11 is 0. The number of ether oxygens (including phenoxy) is 2. The molecule has 7 nitrogen and oxygen atoms in total. The minimum atomic E-state index is -1.52. The van der Waals surface area contributed by atoms with E-state index in [0.717, 1.165) is 23.1 Å². The van der Waals surface area contributed by atoms with Gasteiger partial charge < -0.3 is 35.0 Å². The zero-order chi connectivity index (χ0) is 22.5. The van der Waals surface area contributed by atoms with Crippen molar-refractivity contribution in [3.05, 3.63) is 64.7 Å². The molecule has 170 valence electrons. The third-order valence-corrected chi connectivity index (χ3v) is 5.68. The van der Waals surface area contributed by atoms with Crippen molar-refractivity contribution in [1.29, 1.82) is 0 Å².